The quantitative estimate of drug-likeness (QED) is 0.410. The van der Waals surface area contributed by atoms with Crippen molar-refractivity contribution < 1.29 is 10.2 Å². The molecule has 0 atom stereocenters. The van der Waals surface area contributed by atoms with Crippen LogP contribution in [0.5, 0.6) is 11.5 Å². The molecule has 0 amide bonds. The van der Waals surface area contributed by atoms with Crippen molar-refractivity contribution in [3.8, 4) is 44.9 Å². The van der Waals surface area contributed by atoms with E-state index in [9.17, 15) is 10.2 Å². The van der Waals surface area contributed by atoms with Gasteiger partial charge in [0.1, 0.15) is 11.5 Å². The van der Waals surface area contributed by atoms with Gasteiger partial charge in [-0.25, -0.2) is 0 Å². The average Bonchev–Trinajstić information content (AvgIpc) is 3.07. The van der Waals surface area contributed by atoms with Gasteiger partial charge in [-0.2, -0.15) is 0 Å². The summed E-state index contributed by atoms with van der Waals surface area (Å²) in [7, 11) is 0. The maximum absolute atomic E-state index is 9.73. The fourth-order valence-corrected chi connectivity index (χ4v) is 4.05. The first-order valence-electron chi connectivity index (χ1n) is 9.04. The first-order valence-corrected chi connectivity index (χ1v) is 9.04. The van der Waals surface area contributed by atoms with Crippen molar-refractivity contribution >= 4 is 0 Å². The molecule has 2 nitrogen and oxygen atoms in total. The van der Waals surface area contributed by atoms with Gasteiger partial charge in [-0.05, 0) is 75.2 Å². The summed E-state index contributed by atoms with van der Waals surface area (Å²) in [6, 6.07) is 27.7. The normalized spacial score (nSPS) is 11.9. The van der Waals surface area contributed by atoms with Gasteiger partial charge in [0.25, 0.3) is 0 Å². The SMILES string of the molecule is Oc1ccc(-c2ccc3c(c2-c2ccc(O)cc2)Cc2ccccc2-3)cc1. The van der Waals surface area contributed by atoms with E-state index < -0.39 is 0 Å². The van der Waals surface area contributed by atoms with E-state index in [1.807, 2.05) is 24.3 Å². The number of rotatable bonds is 2. The van der Waals surface area contributed by atoms with Gasteiger partial charge < -0.3 is 10.2 Å². The molecule has 4 aromatic rings. The molecular formula is C25H18O2. The maximum atomic E-state index is 9.73. The topological polar surface area (TPSA) is 40.5 Å². The largest absolute Gasteiger partial charge is 0.508 e. The van der Waals surface area contributed by atoms with Gasteiger partial charge in [0.05, 0.1) is 0 Å². The summed E-state index contributed by atoms with van der Waals surface area (Å²) in [6.07, 6.45) is 0.896. The zero-order valence-corrected chi connectivity index (χ0v) is 14.7. The van der Waals surface area contributed by atoms with Gasteiger partial charge in [-0.3, -0.25) is 0 Å². The van der Waals surface area contributed by atoms with Crippen LogP contribution in [0.15, 0.2) is 84.9 Å². The van der Waals surface area contributed by atoms with E-state index in [1.54, 1.807) is 24.3 Å². The lowest BCUT2D eigenvalue weighted by Crippen LogP contribution is -1.93. The lowest BCUT2D eigenvalue weighted by molar-refractivity contribution is 0.475. The summed E-state index contributed by atoms with van der Waals surface area (Å²) in [6.45, 7) is 0. The van der Waals surface area contributed by atoms with Crippen molar-refractivity contribution in [1.29, 1.82) is 0 Å². The molecule has 0 radical (unpaired) electrons. The van der Waals surface area contributed by atoms with E-state index in [-0.39, 0.29) is 11.5 Å². The Morgan fingerprint density at radius 2 is 1.11 bits per heavy atom. The van der Waals surface area contributed by atoms with Crippen LogP contribution >= 0.6 is 0 Å². The molecule has 0 heterocycles. The van der Waals surface area contributed by atoms with Crippen molar-refractivity contribution in [2.75, 3.05) is 0 Å². The van der Waals surface area contributed by atoms with Gasteiger partial charge in [-0.15, -0.1) is 0 Å². The predicted octanol–water partition coefficient (Wildman–Crippen LogP) is 6.00. The molecule has 0 aliphatic heterocycles. The van der Waals surface area contributed by atoms with Crippen molar-refractivity contribution in [2.24, 2.45) is 0 Å². The standard InChI is InChI=1S/C25H18O2/c26-19-9-5-16(6-10-19)22-13-14-23-21-4-2-1-3-18(21)15-24(23)25(22)17-7-11-20(27)12-8-17/h1-14,26-27H,15H2. The summed E-state index contributed by atoms with van der Waals surface area (Å²) in [5, 5.41) is 19.4. The van der Waals surface area contributed by atoms with Crippen LogP contribution in [0.4, 0.5) is 0 Å². The second kappa shape index (κ2) is 6.03. The second-order valence-corrected chi connectivity index (χ2v) is 6.94. The molecule has 5 rings (SSSR count). The minimum atomic E-state index is 0.262. The average molecular weight is 350 g/mol. The van der Waals surface area contributed by atoms with Crippen molar-refractivity contribution in [2.45, 2.75) is 6.42 Å². The first-order chi connectivity index (χ1) is 13.2. The fraction of sp³-hybridized carbons (Fsp3) is 0.0400. The highest BCUT2D eigenvalue weighted by Gasteiger charge is 2.24. The zero-order chi connectivity index (χ0) is 18.4. The molecule has 0 fully saturated rings. The van der Waals surface area contributed by atoms with Gasteiger partial charge in [-0.1, -0.05) is 60.7 Å². The molecule has 2 heteroatoms. The molecule has 1 aliphatic rings. The van der Waals surface area contributed by atoms with Crippen LogP contribution in [0, 0.1) is 0 Å². The van der Waals surface area contributed by atoms with Crippen LogP contribution in [0.25, 0.3) is 33.4 Å². The molecule has 0 bridgehead atoms. The van der Waals surface area contributed by atoms with E-state index in [4.69, 9.17) is 0 Å². The molecule has 4 aromatic carbocycles. The Hall–Kier alpha value is -3.52. The minimum absolute atomic E-state index is 0.262. The number of benzene rings is 4. The van der Waals surface area contributed by atoms with E-state index in [1.165, 1.54) is 27.8 Å². The smallest absolute Gasteiger partial charge is 0.115 e. The second-order valence-electron chi connectivity index (χ2n) is 6.94. The number of fused-ring (bicyclic) bond motifs is 3. The van der Waals surface area contributed by atoms with Crippen LogP contribution in [-0.4, -0.2) is 10.2 Å². The lowest BCUT2D eigenvalue weighted by Gasteiger charge is -2.16. The van der Waals surface area contributed by atoms with Crippen molar-refractivity contribution in [1.82, 2.24) is 0 Å². The monoisotopic (exact) mass is 350 g/mol. The number of hydrogen-bond donors (Lipinski definition) is 2. The third-order valence-corrected chi connectivity index (χ3v) is 5.32. The van der Waals surface area contributed by atoms with Crippen LogP contribution in [0.3, 0.4) is 0 Å². The molecule has 0 saturated heterocycles. The van der Waals surface area contributed by atoms with Gasteiger partial charge in [0.2, 0.25) is 0 Å². The highest BCUT2D eigenvalue weighted by Crippen LogP contribution is 2.46. The molecule has 1 aliphatic carbocycles. The summed E-state index contributed by atoms with van der Waals surface area (Å²) in [4.78, 5) is 0. The lowest BCUT2D eigenvalue weighted by atomic mass is 9.88. The van der Waals surface area contributed by atoms with Gasteiger partial charge >= 0.3 is 0 Å². The first kappa shape index (κ1) is 15.7. The summed E-state index contributed by atoms with van der Waals surface area (Å²) >= 11 is 0. The number of phenolic OH excluding ortho intramolecular Hbond substituents is 2. The molecule has 0 unspecified atom stereocenters. The highest BCUT2D eigenvalue weighted by atomic mass is 16.3. The Bertz CT molecular complexity index is 1140. The molecule has 27 heavy (non-hydrogen) atoms. The number of hydrogen-bond acceptors (Lipinski definition) is 2. The van der Waals surface area contributed by atoms with E-state index in [0.717, 1.165) is 23.1 Å². The Morgan fingerprint density at radius 1 is 0.519 bits per heavy atom. The van der Waals surface area contributed by atoms with Crippen LogP contribution < -0.4 is 0 Å². The third kappa shape index (κ3) is 2.58. The third-order valence-electron chi connectivity index (χ3n) is 5.32. The Morgan fingerprint density at radius 3 is 1.81 bits per heavy atom. The maximum Gasteiger partial charge on any atom is 0.115 e. The fourth-order valence-electron chi connectivity index (χ4n) is 4.05. The predicted molar refractivity (Wildman–Crippen MR) is 109 cm³/mol. The molecular weight excluding hydrogens is 332 g/mol. The van der Waals surface area contributed by atoms with E-state index in [0.29, 0.717) is 0 Å². The number of aromatic hydroxyl groups is 2. The van der Waals surface area contributed by atoms with E-state index in [2.05, 4.69) is 36.4 Å². The van der Waals surface area contributed by atoms with E-state index >= 15 is 0 Å². The molecule has 0 saturated carbocycles. The highest BCUT2D eigenvalue weighted by molar-refractivity contribution is 5.93. The summed E-state index contributed by atoms with van der Waals surface area (Å²) < 4.78 is 0. The number of phenols is 2. The molecule has 0 aromatic heterocycles. The molecule has 2 N–H and O–H groups in total. The Labute approximate surface area is 158 Å². The van der Waals surface area contributed by atoms with Crippen LogP contribution in [0.1, 0.15) is 11.1 Å². The van der Waals surface area contributed by atoms with Crippen molar-refractivity contribution in [3.63, 3.8) is 0 Å². The molecule has 0 spiro atoms. The van der Waals surface area contributed by atoms with Crippen LogP contribution in [0.2, 0.25) is 0 Å². The summed E-state index contributed by atoms with van der Waals surface area (Å²) in [5.74, 6) is 0.527. The van der Waals surface area contributed by atoms with Gasteiger partial charge in [0.15, 0.2) is 0 Å². The summed E-state index contributed by atoms with van der Waals surface area (Å²) in [5.41, 5.74) is 9.70. The Kier molecular flexibility index (Phi) is 3.51. The van der Waals surface area contributed by atoms with Crippen molar-refractivity contribution in [3.05, 3.63) is 96.1 Å². The minimum Gasteiger partial charge on any atom is -0.508 e. The van der Waals surface area contributed by atoms with Gasteiger partial charge in [0, 0.05) is 0 Å². The molecule has 130 valence electrons. The Balaban J connectivity index is 1.79. The zero-order valence-electron chi connectivity index (χ0n) is 14.7. The van der Waals surface area contributed by atoms with Crippen LogP contribution in [-0.2, 0) is 6.42 Å².